The topological polar surface area (TPSA) is 45.9 Å². The predicted octanol–water partition coefficient (Wildman–Crippen LogP) is 1.80. The van der Waals surface area contributed by atoms with E-state index in [2.05, 4.69) is 4.98 Å². The Kier molecular flexibility index (Phi) is 1.80. The van der Waals surface area contributed by atoms with E-state index in [1.54, 1.807) is 0 Å². The van der Waals surface area contributed by atoms with Crippen molar-refractivity contribution in [1.82, 2.24) is 4.98 Å². The Morgan fingerprint density at radius 2 is 2.17 bits per heavy atom. The van der Waals surface area contributed by atoms with Gasteiger partial charge in [0.15, 0.2) is 11.5 Å². The van der Waals surface area contributed by atoms with Crippen LogP contribution >= 0.6 is 0 Å². The third kappa shape index (κ3) is 1.19. The quantitative estimate of drug-likeness (QED) is 0.675. The standard InChI is InChI=1S/C9H8NO2/c11-6-5-9-10-7-3-1-2-4-8(7)12-9/h1-4H,5-6H2. The van der Waals surface area contributed by atoms with E-state index in [-0.39, 0.29) is 6.61 Å². The lowest BCUT2D eigenvalue weighted by Gasteiger charge is -1.83. The molecule has 3 heteroatoms. The van der Waals surface area contributed by atoms with Crippen LogP contribution in [0.2, 0.25) is 0 Å². The highest BCUT2D eigenvalue weighted by atomic mass is 16.3. The summed E-state index contributed by atoms with van der Waals surface area (Å²) in [5.74, 6) is 0.534. The molecule has 0 N–H and O–H groups in total. The molecule has 0 atom stereocenters. The molecule has 0 spiro atoms. The average Bonchev–Trinajstić information content (AvgIpc) is 2.47. The fourth-order valence-electron chi connectivity index (χ4n) is 1.11. The van der Waals surface area contributed by atoms with E-state index in [9.17, 15) is 5.11 Å². The molecule has 3 nitrogen and oxygen atoms in total. The van der Waals surface area contributed by atoms with Gasteiger partial charge in [-0.15, -0.1) is 0 Å². The van der Waals surface area contributed by atoms with Gasteiger partial charge in [-0.3, -0.25) is 0 Å². The second-order valence-corrected chi connectivity index (χ2v) is 2.53. The summed E-state index contributed by atoms with van der Waals surface area (Å²) in [6, 6.07) is 7.49. The van der Waals surface area contributed by atoms with Gasteiger partial charge in [-0.2, -0.15) is 0 Å². The monoisotopic (exact) mass is 162 g/mol. The van der Waals surface area contributed by atoms with Crippen molar-refractivity contribution in [2.24, 2.45) is 0 Å². The van der Waals surface area contributed by atoms with Gasteiger partial charge in [-0.25, -0.2) is 10.1 Å². The summed E-state index contributed by atoms with van der Waals surface area (Å²) in [4.78, 5) is 4.14. The maximum Gasteiger partial charge on any atom is 0.197 e. The highest BCUT2D eigenvalue weighted by Gasteiger charge is 2.02. The first-order valence-electron chi connectivity index (χ1n) is 3.83. The van der Waals surface area contributed by atoms with E-state index in [1.165, 1.54) is 0 Å². The average molecular weight is 162 g/mol. The van der Waals surface area contributed by atoms with Crippen LogP contribution in [0.15, 0.2) is 28.7 Å². The number of hydrogen-bond donors (Lipinski definition) is 0. The van der Waals surface area contributed by atoms with Crippen molar-refractivity contribution >= 4 is 11.1 Å². The second-order valence-electron chi connectivity index (χ2n) is 2.53. The number of para-hydroxylation sites is 2. The lowest BCUT2D eigenvalue weighted by atomic mass is 10.3. The molecule has 0 saturated heterocycles. The van der Waals surface area contributed by atoms with Crippen LogP contribution < -0.4 is 0 Å². The number of oxazole rings is 1. The maximum absolute atomic E-state index is 10.3. The molecule has 0 aliphatic carbocycles. The van der Waals surface area contributed by atoms with Gasteiger partial charge in [0.1, 0.15) is 5.52 Å². The van der Waals surface area contributed by atoms with E-state index < -0.39 is 0 Å². The zero-order valence-electron chi connectivity index (χ0n) is 6.49. The Morgan fingerprint density at radius 3 is 2.92 bits per heavy atom. The van der Waals surface area contributed by atoms with Crippen LogP contribution in [0.4, 0.5) is 0 Å². The summed E-state index contributed by atoms with van der Waals surface area (Å²) in [6.07, 6.45) is 0.370. The Morgan fingerprint density at radius 1 is 1.33 bits per heavy atom. The zero-order valence-corrected chi connectivity index (χ0v) is 6.49. The molecule has 1 aromatic heterocycles. The minimum Gasteiger partial charge on any atom is -0.441 e. The number of fused-ring (bicyclic) bond motifs is 1. The first kappa shape index (κ1) is 7.31. The molecular formula is C9H8NO2. The maximum atomic E-state index is 10.3. The normalized spacial score (nSPS) is 10.8. The van der Waals surface area contributed by atoms with Crippen LogP contribution in [0.3, 0.4) is 0 Å². The Labute approximate surface area is 69.7 Å². The van der Waals surface area contributed by atoms with Gasteiger partial charge < -0.3 is 4.42 Å². The van der Waals surface area contributed by atoms with Crippen molar-refractivity contribution < 1.29 is 9.52 Å². The van der Waals surface area contributed by atoms with Gasteiger partial charge in [0.05, 0.1) is 13.0 Å². The minimum absolute atomic E-state index is 0.174. The number of hydrogen-bond acceptors (Lipinski definition) is 2. The smallest absolute Gasteiger partial charge is 0.197 e. The summed E-state index contributed by atoms with van der Waals surface area (Å²) in [7, 11) is 0. The minimum atomic E-state index is -0.174. The Bertz CT molecular complexity index is 348. The van der Waals surface area contributed by atoms with Crippen molar-refractivity contribution in [3.05, 3.63) is 30.2 Å². The molecule has 2 rings (SSSR count). The van der Waals surface area contributed by atoms with Crippen molar-refractivity contribution in [2.45, 2.75) is 6.42 Å². The largest absolute Gasteiger partial charge is 0.441 e. The first-order chi connectivity index (χ1) is 5.90. The number of benzene rings is 1. The van der Waals surface area contributed by atoms with E-state index in [1.807, 2.05) is 24.3 Å². The summed E-state index contributed by atoms with van der Waals surface area (Å²) >= 11 is 0. The molecule has 1 heterocycles. The molecule has 12 heavy (non-hydrogen) atoms. The molecule has 0 aliphatic rings. The van der Waals surface area contributed by atoms with Crippen molar-refractivity contribution in [1.29, 1.82) is 0 Å². The molecule has 0 fully saturated rings. The summed E-state index contributed by atoms with van der Waals surface area (Å²) in [6.45, 7) is -0.174. The fourth-order valence-corrected chi connectivity index (χ4v) is 1.11. The van der Waals surface area contributed by atoms with Crippen LogP contribution in [0.5, 0.6) is 0 Å². The Balaban J connectivity index is 2.47. The molecule has 0 unspecified atom stereocenters. The van der Waals surface area contributed by atoms with Crippen molar-refractivity contribution in [3.63, 3.8) is 0 Å². The molecule has 61 valence electrons. The molecular weight excluding hydrogens is 154 g/mol. The number of rotatable bonds is 2. The number of aromatic nitrogens is 1. The lowest BCUT2D eigenvalue weighted by Crippen LogP contribution is -1.87. The highest BCUT2D eigenvalue weighted by Crippen LogP contribution is 2.14. The molecule has 0 bridgehead atoms. The van der Waals surface area contributed by atoms with Gasteiger partial charge in [-0.05, 0) is 12.1 Å². The van der Waals surface area contributed by atoms with E-state index in [4.69, 9.17) is 4.42 Å². The van der Waals surface area contributed by atoms with Crippen LogP contribution in [-0.4, -0.2) is 11.6 Å². The van der Waals surface area contributed by atoms with Gasteiger partial charge in [0.25, 0.3) is 0 Å². The van der Waals surface area contributed by atoms with E-state index >= 15 is 0 Å². The Hall–Kier alpha value is -1.35. The molecule has 0 amide bonds. The summed E-state index contributed by atoms with van der Waals surface area (Å²) in [5.41, 5.74) is 1.57. The lowest BCUT2D eigenvalue weighted by molar-refractivity contribution is 0.190. The van der Waals surface area contributed by atoms with Crippen molar-refractivity contribution in [2.75, 3.05) is 6.61 Å². The van der Waals surface area contributed by atoms with Gasteiger partial charge >= 0.3 is 0 Å². The van der Waals surface area contributed by atoms with E-state index in [0.717, 1.165) is 11.1 Å². The molecule has 2 aromatic rings. The molecule has 1 aromatic carbocycles. The summed E-state index contributed by atoms with van der Waals surface area (Å²) < 4.78 is 5.30. The van der Waals surface area contributed by atoms with Crippen LogP contribution in [0.1, 0.15) is 5.89 Å². The summed E-state index contributed by atoms with van der Waals surface area (Å²) in [5, 5.41) is 10.3. The third-order valence-corrected chi connectivity index (χ3v) is 1.65. The van der Waals surface area contributed by atoms with Crippen LogP contribution in [0, 0.1) is 0 Å². The van der Waals surface area contributed by atoms with Crippen LogP contribution in [-0.2, 0) is 11.5 Å². The third-order valence-electron chi connectivity index (χ3n) is 1.65. The van der Waals surface area contributed by atoms with Gasteiger partial charge in [0, 0.05) is 0 Å². The van der Waals surface area contributed by atoms with E-state index in [0.29, 0.717) is 12.3 Å². The first-order valence-corrected chi connectivity index (χ1v) is 3.83. The zero-order chi connectivity index (χ0) is 8.39. The molecule has 1 radical (unpaired) electrons. The highest BCUT2D eigenvalue weighted by molar-refractivity contribution is 5.72. The second kappa shape index (κ2) is 2.95. The van der Waals surface area contributed by atoms with Crippen LogP contribution in [0.25, 0.3) is 11.1 Å². The van der Waals surface area contributed by atoms with Gasteiger partial charge in [0.2, 0.25) is 0 Å². The fraction of sp³-hybridized carbons (Fsp3) is 0.222. The molecule has 0 saturated carbocycles. The number of nitrogens with zero attached hydrogens (tertiary/aromatic N) is 1. The van der Waals surface area contributed by atoms with Gasteiger partial charge in [-0.1, -0.05) is 12.1 Å². The SMILES string of the molecule is [O]CCc1nc2ccccc2o1. The van der Waals surface area contributed by atoms with Crippen molar-refractivity contribution in [3.8, 4) is 0 Å². The predicted molar refractivity (Wildman–Crippen MR) is 43.3 cm³/mol. The molecule has 0 aliphatic heterocycles.